The van der Waals surface area contributed by atoms with Gasteiger partial charge in [0.2, 0.25) is 0 Å². The molecule has 0 rings (SSSR count). The van der Waals surface area contributed by atoms with Gasteiger partial charge in [-0.25, -0.2) is 0 Å². The zero-order chi connectivity index (χ0) is 30.8. The maximum absolute atomic E-state index is 12.5. The molecule has 0 aliphatic rings. The number of carboxylic acids is 1. The Kier molecular flexibility index (Phi) is 33.6. The van der Waals surface area contributed by atoms with Crippen LogP contribution in [-0.4, -0.2) is 23.1 Å². The summed E-state index contributed by atoms with van der Waals surface area (Å²) in [6.07, 6.45) is 39.7. The van der Waals surface area contributed by atoms with Gasteiger partial charge in [-0.1, -0.05) is 174 Å². The van der Waals surface area contributed by atoms with Gasteiger partial charge >= 0.3 is 11.9 Å². The number of hydrogen-bond acceptors (Lipinski definition) is 3. The number of carbonyl (C=O) groups is 2. The molecule has 0 aromatic carbocycles. The van der Waals surface area contributed by atoms with Gasteiger partial charge in [-0.3, -0.25) is 9.59 Å². The second kappa shape index (κ2) is 34.4. The molecule has 42 heavy (non-hydrogen) atoms. The Hall–Kier alpha value is -1.06. The van der Waals surface area contributed by atoms with E-state index in [4.69, 9.17) is 9.84 Å². The standard InChI is InChI=1S/C38H74O4/c1-3-5-7-9-11-13-15-16-17-18-19-21-22-24-26-28-32-36(33-30-31-34-37(39)40)42-38(41)35-29-27-25-23-20-14-12-10-8-6-4-2/h36H,3-35H2,1-2H3,(H,39,40). The van der Waals surface area contributed by atoms with E-state index in [0.29, 0.717) is 12.8 Å². The summed E-state index contributed by atoms with van der Waals surface area (Å²) in [6.45, 7) is 4.55. The van der Waals surface area contributed by atoms with Crippen molar-refractivity contribution in [3.05, 3.63) is 0 Å². The van der Waals surface area contributed by atoms with Crippen LogP contribution in [0.2, 0.25) is 0 Å². The Morgan fingerprint density at radius 1 is 0.429 bits per heavy atom. The number of ether oxygens (including phenoxy) is 1. The molecule has 0 bridgehead atoms. The summed E-state index contributed by atoms with van der Waals surface area (Å²) in [6, 6.07) is 0. The third kappa shape index (κ3) is 33.4. The zero-order valence-corrected chi connectivity index (χ0v) is 28.6. The molecule has 4 nitrogen and oxygen atoms in total. The lowest BCUT2D eigenvalue weighted by Crippen LogP contribution is -2.18. The molecule has 0 aliphatic heterocycles. The van der Waals surface area contributed by atoms with Gasteiger partial charge in [-0.2, -0.15) is 0 Å². The SMILES string of the molecule is CCCCCCCCCCCCCCCCCCC(CCCCC(=O)O)OC(=O)CCCCCCCCCCCCC. The predicted molar refractivity (Wildman–Crippen MR) is 181 cm³/mol. The van der Waals surface area contributed by atoms with Gasteiger partial charge in [0.1, 0.15) is 6.10 Å². The second-order valence-electron chi connectivity index (χ2n) is 13.1. The molecule has 0 amide bonds. The molecule has 250 valence electrons. The van der Waals surface area contributed by atoms with Crippen LogP contribution in [0.1, 0.15) is 226 Å². The first kappa shape index (κ1) is 40.9. The third-order valence-electron chi connectivity index (χ3n) is 8.83. The first-order valence-corrected chi connectivity index (χ1v) is 19.0. The normalized spacial score (nSPS) is 12.0. The van der Waals surface area contributed by atoms with Crippen LogP contribution in [0.4, 0.5) is 0 Å². The van der Waals surface area contributed by atoms with E-state index in [1.807, 2.05) is 0 Å². The molecule has 0 saturated carbocycles. The van der Waals surface area contributed by atoms with Gasteiger partial charge in [0.15, 0.2) is 0 Å². The molecule has 0 aromatic rings. The summed E-state index contributed by atoms with van der Waals surface area (Å²) >= 11 is 0. The summed E-state index contributed by atoms with van der Waals surface area (Å²) < 4.78 is 5.89. The summed E-state index contributed by atoms with van der Waals surface area (Å²) in [5.41, 5.74) is 0. The van der Waals surface area contributed by atoms with Crippen LogP contribution in [0.25, 0.3) is 0 Å². The smallest absolute Gasteiger partial charge is 0.306 e. The highest BCUT2D eigenvalue weighted by Gasteiger charge is 2.14. The monoisotopic (exact) mass is 595 g/mol. The lowest BCUT2D eigenvalue weighted by molar-refractivity contribution is -0.150. The minimum absolute atomic E-state index is 0.0364. The van der Waals surface area contributed by atoms with Crippen molar-refractivity contribution in [3.63, 3.8) is 0 Å². The molecule has 0 radical (unpaired) electrons. The summed E-state index contributed by atoms with van der Waals surface area (Å²) in [5, 5.41) is 8.93. The number of aliphatic carboxylic acids is 1. The van der Waals surface area contributed by atoms with Crippen LogP contribution in [0.5, 0.6) is 0 Å². The summed E-state index contributed by atoms with van der Waals surface area (Å²) in [5.74, 6) is -0.788. The van der Waals surface area contributed by atoms with Gasteiger partial charge in [0.05, 0.1) is 0 Å². The van der Waals surface area contributed by atoms with E-state index in [9.17, 15) is 9.59 Å². The molecule has 0 fully saturated rings. The fourth-order valence-electron chi connectivity index (χ4n) is 6.01. The number of unbranched alkanes of at least 4 members (excludes halogenated alkanes) is 26. The minimum atomic E-state index is -0.738. The Morgan fingerprint density at radius 2 is 0.714 bits per heavy atom. The number of carbonyl (C=O) groups excluding carboxylic acids is 1. The maximum atomic E-state index is 12.5. The molecule has 4 heteroatoms. The molecule has 0 heterocycles. The molecule has 1 N–H and O–H groups in total. The summed E-state index contributed by atoms with van der Waals surface area (Å²) in [4.78, 5) is 23.4. The number of hydrogen-bond donors (Lipinski definition) is 1. The predicted octanol–water partition coefficient (Wildman–Crippen LogP) is 12.9. The fraction of sp³-hybridized carbons (Fsp3) is 0.947. The molecule has 1 atom stereocenters. The largest absolute Gasteiger partial charge is 0.481 e. The van der Waals surface area contributed by atoms with Crippen molar-refractivity contribution in [1.82, 2.24) is 0 Å². The van der Waals surface area contributed by atoms with Gasteiger partial charge < -0.3 is 9.84 Å². The highest BCUT2D eigenvalue weighted by atomic mass is 16.5. The van der Waals surface area contributed by atoms with E-state index in [2.05, 4.69) is 13.8 Å². The maximum Gasteiger partial charge on any atom is 0.306 e. The average Bonchev–Trinajstić information content (AvgIpc) is 2.97. The third-order valence-corrected chi connectivity index (χ3v) is 8.83. The lowest BCUT2D eigenvalue weighted by Gasteiger charge is -2.18. The van der Waals surface area contributed by atoms with E-state index < -0.39 is 5.97 Å². The van der Waals surface area contributed by atoms with Crippen molar-refractivity contribution in [1.29, 1.82) is 0 Å². The molecule has 1 unspecified atom stereocenters. The van der Waals surface area contributed by atoms with Crippen molar-refractivity contribution >= 4 is 11.9 Å². The minimum Gasteiger partial charge on any atom is -0.481 e. The molecule has 0 saturated heterocycles. The number of rotatable bonds is 35. The quantitative estimate of drug-likeness (QED) is 0.0585. The van der Waals surface area contributed by atoms with Crippen molar-refractivity contribution in [2.75, 3.05) is 0 Å². The molecule has 0 aromatic heterocycles. The Bertz CT molecular complexity index is 561. The average molecular weight is 595 g/mol. The van der Waals surface area contributed by atoms with Gasteiger partial charge in [0.25, 0.3) is 0 Å². The van der Waals surface area contributed by atoms with Crippen LogP contribution in [0.15, 0.2) is 0 Å². The topological polar surface area (TPSA) is 63.6 Å². The van der Waals surface area contributed by atoms with Crippen LogP contribution in [0.3, 0.4) is 0 Å². The lowest BCUT2D eigenvalue weighted by atomic mass is 10.0. The van der Waals surface area contributed by atoms with Gasteiger partial charge in [-0.05, 0) is 38.5 Å². The van der Waals surface area contributed by atoms with Crippen molar-refractivity contribution < 1.29 is 19.4 Å². The van der Waals surface area contributed by atoms with Crippen LogP contribution in [0, 0.1) is 0 Å². The van der Waals surface area contributed by atoms with E-state index in [1.54, 1.807) is 0 Å². The first-order valence-electron chi connectivity index (χ1n) is 19.0. The zero-order valence-electron chi connectivity index (χ0n) is 28.6. The Balaban J connectivity index is 3.84. The van der Waals surface area contributed by atoms with Crippen LogP contribution < -0.4 is 0 Å². The van der Waals surface area contributed by atoms with E-state index in [1.165, 1.54) is 154 Å². The van der Waals surface area contributed by atoms with Crippen LogP contribution in [-0.2, 0) is 14.3 Å². The van der Waals surface area contributed by atoms with E-state index in [0.717, 1.165) is 38.5 Å². The summed E-state index contributed by atoms with van der Waals surface area (Å²) in [7, 11) is 0. The van der Waals surface area contributed by atoms with Gasteiger partial charge in [-0.15, -0.1) is 0 Å². The van der Waals surface area contributed by atoms with Crippen molar-refractivity contribution in [2.24, 2.45) is 0 Å². The highest BCUT2D eigenvalue weighted by Crippen LogP contribution is 2.19. The molecular weight excluding hydrogens is 520 g/mol. The van der Waals surface area contributed by atoms with E-state index >= 15 is 0 Å². The Morgan fingerprint density at radius 3 is 1.07 bits per heavy atom. The number of esters is 1. The second-order valence-corrected chi connectivity index (χ2v) is 13.1. The Labute approximate surface area is 262 Å². The highest BCUT2D eigenvalue weighted by molar-refractivity contribution is 5.69. The fourth-order valence-corrected chi connectivity index (χ4v) is 6.01. The van der Waals surface area contributed by atoms with Gasteiger partial charge in [0, 0.05) is 12.8 Å². The first-order chi connectivity index (χ1) is 20.6. The van der Waals surface area contributed by atoms with Crippen LogP contribution >= 0.6 is 0 Å². The van der Waals surface area contributed by atoms with Crippen molar-refractivity contribution in [2.45, 2.75) is 232 Å². The molecule has 0 spiro atoms. The molecular formula is C38H74O4. The number of carboxylic acid groups (broad SMARTS) is 1. The van der Waals surface area contributed by atoms with Crippen molar-refractivity contribution in [3.8, 4) is 0 Å². The molecule has 0 aliphatic carbocycles. The van der Waals surface area contributed by atoms with E-state index in [-0.39, 0.29) is 18.5 Å².